The minimum absolute atomic E-state index is 0.252. The van der Waals surface area contributed by atoms with E-state index in [0.29, 0.717) is 13.1 Å². The number of amides is 4. The maximum atomic E-state index is 11.6. The molecule has 108 valence electrons. The number of hydrogen-bond acceptors (Lipinski definition) is 4. The highest BCUT2D eigenvalue weighted by atomic mass is 16.5. The van der Waals surface area contributed by atoms with Gasteiger partial charge in [-0.25, -0.2) is 14.4 Å². The molecule has 0 atom stereocenters. The summed E-state index contributed by atoms with van der Waals surface area (Å²) in [6, 6.07) is -0.935. The van der Waals surface area contributed by atoms with Crippen LogP contribution >= 0.6 is 0 Å². The molecule has 1 aliphatic heterocycles. The maximum absolute atomic E-state index is 11.6. The highest BCUT2D eigenvalue weighted by molar-refractivity contribution is 5.76. The lowest BCUT2D eigenvalue weighted by Gasteiger charge is -2.46. The number of primary amides is 1. The zero-order valence-electron chi connectivity index (χ0n) is 10.6. The highest BCUT2D eigenvalue weighted by Crippen LogP contribution is 2.24. The zero-order chi connectivity index (χ0) is 14.5. The fourth-order valence-electron chi connectivity index (χ4n) is 1.70. The van der Waals surface area contributed by atoms with Crippen LogP contribution in [0.3, 0.4) is 0 Å². The van der Waals surface area contributed by atoms with E-state index in [1.54, 1.807) is 6.92 Å². The Hall–Kier alpha value is -2.03. The standard InChI is InChI=1S/C10H18N4O5/c1-10(19-4-7(15)16)5-14(6-10)9(18)13-3-2-12-8(11)17/h2-6H2,1H3,(H,13,18)(H,15,16)(H3,11,12,17). The second kappa shape index (κ2) is 6.23. The molecule has 0 spiro atoms. The van der Waals surface area contributed by atoms with Crippen molar-refractivity contribution in [3.05, 3.63) is 0 Å². The van der Waals surface area contributed by atoms with E-state index in [-0.39, 0.29) is 25.7 Å². The predicted molar refractivity (Wildman–Crippen MR) is 64.6 cm³/mol. The summed E-state index contributed by atoms with van der Waals surface area (Å²) in [5.74, 6) is -1.04. The molecule has 0 radical (unpaired) electrons. The Morgan fingerprint density at radius 3 is 2.42 bits per heavy atom. The van der Waals surface area contributed by atoms with Crippen LogP contribution in [0.2, 0.25) is 0 Å². The average Bonchev–Trinajstić information content (AvgIpc) is 2.28. The Labute approximate surface area is 110 Å². The molecular weight excluding hydrogens is 256 g/mol. The highest BCUT2D eigenvalue weighted by Gasteiger charge is 2.42. The molecule has 0 bridgehead atoms. The summed E-state index contributed by atoms with van der Waals surface area (Å²) in [6.45, 7) is 2.54. The SMILES string of the molecule is CC1(OCC(=O)O)CN(C(=O)NCCNC(N)=O)C1. The Kier molecular flexibility index (Phi) is 4.93. The predicted octanol–water partition coefficient (Wildman–Crippen LogP) is -1.46. The van der Waals surface area contributed by atoms with Crippen LogP contribution in [0.5, 0.6) is 0 Å². The molecule has 1 saturated heterocycles. The molecule has 0 aromatic carbocycles. The lowest BCUT2D eigenvalue weighted by Crippen LogP contribution is -2.65. The van der Waals surface area contributed by atoms with Crippen molar-refractivity contribution in [1.29, 1.82) is 0 Å². The third-order valence-electron chi connectivity index (χ3n) is 2.58. The van der Waals surface area contributed by atoms with Gasteiger partial charge >= 0.3 is 18.0 Å². The molecule has 0 unspecified atom stereocenters. The van der Waals surface area contributed by atoms with Crippen molar-refractivity contribution in [2.75, 3.05) is 32.8 Å². The summed E-state index contributed by atoms with van der Waals surface area (Å²) in [6.07, 6.45) is 0. The summed E-state index contributed by atoms with van der Waals surface area (Å²) < 4.78 is 5.17. The van der Waals surface area contributed by atoms with Crippen molar-refractivity contribution in [2.45, 2.75) is 12.5 Å². The van der Waals surface area contributed by atoms with Crippen molar-refractivity contribution in [3.8, 4) is 0 Å². The van der Waals surface area contributed by atoms with Gasteiger partial charge in [0.1, 0.15) is 12.2 Å². The van der Waals surface area contributed by atoms with Crippen LogP contribution in [-0.4, -0.2) is 66.4 Å². The number of urea groups is 2. The van der Waals surface area contributed by atoms with E-state index in [9.17, 15) is 14.4 Å². The number of ether oxygens (including phenoxy) is 1. The van der Waals surface area contributed by atoms with Crippen molar-refractivity contribution in [3.63, 3.8) is 0 Å². The van der Waals surface area contributed by atoms with Gasteiger partial charge in [0.15, 0.2) is 0 Å². The van der Waals surface area contributed by atoms with E-state index < -0.39 is 17.6 Å². The number of carboxylic acid groups (broad SMARTS) is 1. The zero-order valence-corrected chi connectivity index (χ0v) is 10.6. The van der Waals surface area contributed by atoms with E-state index in [2.05, 4.69) is 10.6 Å². The molecule has 0 saturated carbocycles. The first kappa shape index (κ1) is 15.0. The van der Waals surface area contributed by atoms with Gasteiger partial charge in [-0.15, -0.1) is 0 Å². The fourth-order valence-corrected chi connectivity index (χ4v) is 1.70. The normalized spacial score (nSPS) is 16.4. The van der Waals surface area contributed by atoms with Gasteiger partial charge in [-0.2, -0.15) is 0 Å². The van der Waals surface area contributed by atoms with Crippen molar-refractivity contribution in [2.24, 2.45) is 5.73 Å². The largest absolute Gasteiger partial charge is 0.480 e. The van der Waals surface area contributed by atoms with Gasteiger partial charge in [0.2, 0.25) is 0 Å². The molecule has 1 heterocycles. The van der Waals surface area contributed by atoms with Crippen molar-refractivity contribution >= 4 is 18.0 Å². The van der Waals surface area contributed by atoms with E-state index in [4.69, 9.17) is 15.6 Å². The van der Waals surface area contributed by atoms with E-state index in [0.717, 1.165) is 0 Å². The van der Waals surface area contributed by atoms with Crippen LogP contribution in [0.1, 0.15) is 6.92 Å². The molecule has 9 nitrogen and oxygen atoms in total. The maximum Gasteiger partial charge on any atom is 0.329 e. The Morgan fingerprint density at radius 2 is 1.89 bits per heavy atom. The minimum Gasteiger partial charge on any atom is -0.480 e. The average molecular weight is 274 g/mol. The first-order chi connectivity index (χ1) is 8.82. The molecule has 1 aliphatic rings. The second-order valence-corrected chi connectivity index (χ2v) is 4.51. The third-order valence-corrected chi connectivity index (χ3v) is 2.58. The van der Waals surface area contributed by atoms with Gasteiger partial charge < -0.3 is 31.1 Å². The quantitative estimate of drug-likeness (QED) is 0.439. The molecule has 0 aromatic heterocycles. The van der Waals surface area contributed by atoms with E-state index in [1.807, 2.05) is 0 Å². The first-order valence-corrected chi connectivity index (χ1v) is 5.74. The van der Waals surface area contributed by atoms with Crippen LogP contribution in [0, 0.1) is 0 Å². The van der Waals surface area contributed by atoms with Gasteiger partial charge in [-0.3, -0.25) is 0 Å². The summed E-state index contributed by atoms with van der Waals surface area (Å²) in [5, 5.41) is 13.4. The number of carbonyl (C=O) groups excluding carboxylic acids is 2. The Balaban J connectivity index is 2.16. The van der Waals surface area contributed by atoms with Crippen molar-refractivity contribution < 1.29 is 24.2 Å². The van der Waals surface area contributed by atoms with Gasteiger partial charge in [-0.05, 0) is 6.92 Å². The fraction of sp³-hybridized carbons (Fsp3) is 0.700. The monoisotopic (exact) mass is 274 g/mol. The van der Waals surface area contributed by atoms with Crippen LogP contribution in [0.25, 0.3) is 0 Å². The molecule has 0 aliphatic carbocycles. The van der Waals surface area contributed by atoms with Crippen LogP contribution < -0.4 is 16.4 Å². The van der Waals surface area contributed by atoms with Crippen molar-refractivity contribution in [1.82, 2.24) is 15.5 Å². The summed E-state index contributed by atoms with van der Waals surface area (Å²) in [7, 11) is 0. The molecule has 1 rings (SSSR count). The lowest BCUT2D eigenvalue weighted by atomic mass is 9.97. The van der Waals surface area contributed by atoms with Crippen LogP contribution in [-0.2, 0) is 9.53 Å². The lowest BCUT2D eigenvalue weighted by molar-refractivity contribution is -0.159. The topological polar surface area (TPSA) is 134 Å². The molecule has 4 amide bonds. The summed E-state index contributed by atoms with van der Waals surface area (Å²) in [5.41, 5.74) is 4.25. The number of likely N-dealkylation sites (tertiary alicyclic amines) is 1. The first-order valence-electron chi connectivity index (χ1n) is 5.74. The molecule has 1 fully saturated rings. The third kappa shape index (κ3) is 5.00. The van der Waals surface area contributed by atoms with Gasteiger partial charge in [0.05, 0.1) is 13.1 Å². The smallest absolute Gasteiger partial charge is 0.329 e. The van der Waals surface area contributed by atoms with Gasteiger partial charge in [-0.1, -0.05) is 0 Å². The Bertz CT molecular complexity index is 367. The van der Waals surface area contributed by atoms with Gasteiger partial charge in [0.25, 0.3) is 0 Å². The van der Waals surface area contributed by atoms with Crippen LogP contribution in [0.15, 0.2) is 0 Å². The summed E-state index contributed by atoms with van der Waals surface area (Å²) >= 11 is 0. The number of nitrogens with zero attached hydrogens (tertiary/aromatic N) is 1. The summed E-state index contributed by atoms with van der Waals surface area (Å²) in [4.78, 5) is 33.8. The number of nitrogens with one attached hydrogen (secondary N) is 2. The van der Waals surface area contributed by atoms with E-state index >= 15 is 0 Å². The van der Waals surface area contributed by atoms with Crippen LogP contribution in [0.4, 0.5) is 9.59 Å². The molecule has 5 N–H and O–H groups in total. The molecule has 0 aromatic rings. The number of carbonyl (C=O) groups is 3. The number of carboxylic acids is 1. The Morgan fingerprint density at radius 1 is 1.32 bits per heavy atom. The molecule has 19 heavy (non-hydrogen) atoms. The number of hydrogen-bond donors (Lipinski definition) is 4. The second-order valence-electron chi connectivity index (χ2n) is 4.51. The minimum atomic E-state index is -1.04. The number of rotatable bonds is 6. The molecular formula is C10H18N4O5. The number of aliphatic carboxylic acids is 1. The molecule has 9 heteroatoms. The van der Waals surface area contributed by atoms with E-state index in [1.165, 1.54) is 4.90 Å². The van der Waals surface area contributed by atoms with Gasteiger partial charge in [0, 0.05) is 13.1 Å². The number of nitrogens with two attached hydrogens (primary N) is 1.